The summed E-state index contributed by atoms with van der Waals surface area (Å²) in [5, 5.41) is 0. The first-order valence-corrected chi connectivity index (χ1v) is 4.65. The molecule has 0 heterocycles. The van der Waals surface area contributed by atoms with E-state index in [0.717, 1.165) is 0 Å². The van der Waals surface area contributed by atoms with Crippen LogP contribution in [-0.4, -0.2) is 0 Å². The fourth-order valence-electron chi connectivity index (χ4n) is 1.96. The normalized spacial score (nSPS) is 19.2. The zero-order valence-electron chi connectivity index (χ0n) is 7.51. The lowest BCUT2D eigenvalue weighted by Crippen LogP contribution is -2.00. The van der Waals surface area contributed by atoms with Crippen molar-refractivity contribution < 1.29 is 0 Å². The van der Waals surface area contributed by atoms with E-state index in [1.165, 1.54) is 36.0 Å². The number of aryl methyl sites for hydroxylation is 1. The van der Waals surface area contributed by atoms with Crippen molar-refractivity contribution in [1.29, 1.82) is 0 Å². The van der Waals surface area contributed by atoms with E-state index in [0.29, 0.717) is 0 Å². The first kappa shape index (κ1) is 7.60. The monoisotopic (exact) mass is 158 g/mol. The third-order valence-electron chi connectivity index (χ3n) is 2.60. The van der Waals surface area contributed by atoms with E-state index in [1.807, 2.05) is 0 Å². The predicted octanol–water partition coefficient (Wildman–Crippen LogP) is 3.43. The highest BCUT2D eigenvalue weighted by molar-refractivity contribution is 5.69. The first-order valence-electron chi connectivity index (χ1n) is 4.65. The number of allylic oxidation sites excluding steroid dienone is 2. The molecule has 2 rings (SSSR count). The van der Waals surface area contributed by atoms with E-state index in [1.54, 1.807) is 0 Å². The number of fused-ring (bicyclic) bond motifs is 1. The van der Waals surface area contributed by atoms with Gasteiger partial charge in [0.05, 0.1) is 0 Å². The third-order valence-corrected chi connectivity index (χ3v) is 2.60. The standard InChI is InChI=1S/C12H14/c1-2-10-7-5-8-11-6-3-4-9-12(10)11/h2-4,6,9H,5,7-8H2,1H3/b10-2+. The molecular weight excluding hydrogens is 144 g/mol. The zero-order chi connectivity index (χ0) is 8.39. The van der Waals surface area contributed by atoms with Crippen molar-refractivity contribution in [2.24, 2.45) is 0 Å². The summed E-state index contributed by atoms with van der Waals surface area (Å²) < 4.78 is 0. The van der Waals surface area contributed by atoms with Gasteiger partial charge in [-0.1, -0.05) is 30.3 Å². The van der Waals surface area contributed by atoms with Gasteiger partial charge >= 0.3 is 0 Å². The van der Waals surface area contributed by atoms with Crippen molar-refractivity contribution in [3.63, 3.8) is 0 Å². The summed E-state index contributed by atoms with van der Waals surface area (Å²) in [5.74, 6) is 0. The van der Waals surface area contributed by atoms with E-state index in [2.05, 4.69) is 37.3 Å². The molecule has 0 unspecified atom stereocenters. The van der Waals surface area contributed by atoms with Crippen molar-refractivity contribution >= 4 is 5.57 Å². The number of rotatable bonds is 0. The lowest BCUT2D eigenvalue weighted by molar-refractivity contribution is 0.821. The van der Waals surface area contributed by atoms with Crippen LogP contribution >= 0.6 is 0 Å². The molecule has 0 saturated heterocycles. The fourth-order valence-corrected chi connectivity index (χ4v) is 1.96. The Morgan fingerprint density at radius 2 is 2.00 bits per heavy atom. The largest absolute Gasteiger partial charge is 0.0838 e. The van der Waals surface area contributed by atoms with Gasteiger partial charge in [-0.25, -0.2) is 0 Å². The van der Waals surface area contributed by atoms with Crippen LogP contribution < -0.4 is 0 Å². The Bertz CT molecular complexity index is 308. The molecule has 12 heavy (non-hydrogen) atoms. The molecule has 0 saturated carbocycles. The molecule has 0 aromatic heterocycles. The molecule has 0 radical (unpaired) electrons. The van der Waals surface area contributed by atoms with Crippen molar-refractivity contribution in [2.45, 2.75) is 26.2 Å². The minimum absolute atomic E-state index is 1.26. The first-order chi connectivity index (χ1) is 5.92. The number of benzene rings is 1. The highest BCUT2D eigenvalue weighted by Crippen LogP contribution is 2.29. The van der Waals surface area contributed by atoms with Gasteiger partial charge in [0, 0.05) is 0 Å². The molecule has 0 fully saturated rings. The van der Waals surface area contributed by atoms with Gasteiger partial charge in [0.1, 0.15) is 0 Å². The summed E-state index contributed by atoms with van der Waals surface area (Å²) in [6.07, 6.45) is 6.08. The summed E-state index contributed by atoms with van der Waals surface area (Å²) in [5.41, 5.74) is 4.53. The lowest BCUT2D eigenvalue weighted by atomic mass is 9.87. The molecule has 1 aliphatic carbocycles. The van der Waals surface area contributed by atoms with Gasteiger partial charge in [-0.05, 0) is 42.9 Å². The van der Waals surface area contributed by atoms with Crippen LogP contribution in [0.3, 0.4) is 0 Å². The van der Waals surface area contributed by atoms with Gasteiger partial charge in [0.25, 0.3) is 0 Å². The SMILES string of the molecule is C/C=C1\CCCc2ccccc21. The molecule has 1 aliphatic rings. The molecule has 0 N–H and O–H groups in total. The minimum Gasteiger partial charge on any atom is -0.0838 e. The molecule has 0 nitrogen and oxygen atoms in total. The van der Waals surface area contributed by atoms with Crippen LogP contribution in [0.1, 0.15) is 30.9 Å². The summed E-state index contributed by atoms with van der Waals surface area (Å²) in [4.78, 5) is 0. The zero-order valence-corrected chi connectivity index (χ0v) is 7.51. The topological polar surface area (TPSA) is 0 Å². The summed E-state index contributed by atoms with van der Waals surface area (Å²) in [7, 11) is 0. The van der Waals surface area contributed by atoms with E-state index in [-0.39, 0.29) is 0 Å². The maximum Gasteiger partial charge on any atom is -0.0196 e. The quantitative estimate of drug-likeness (QED) is 0.542. The highest BCUT2D eigenvalue weighted by atomic mass is 14.2. The molecular formula is C12H14. The van der Waals surface area contributed by atoms with Gasteiger partial charge in [0.2, 0.25) is 0 Å². The molecule has 0 spiro atoms. The van der Waals surface area contributed by atoms with Crippen molar-refractivity contribution in [3.05, 3.63) is 41.5 Å². The second-order valence-electron chi connectivity index (χ2n) is 3.32. The Labute approximate surface area is 73.9 Å². The van der Waals surface area contributed by atoms with Crippen molar-refractivity contribution in [2.75, 3.05) is 0 Å². The third kappa shape index (κ3) is 1.18. The second kappa shape index (κ2) is 3.14. The maximum absolute atomic E-state index is 2.25. The molecule has 0 atom stereocenters. The predicted molar refractivity (Wildman–Crippen MR) is 53.0 cm³/mol. The van der Waals surface area contributed by atoms with Crippen molar-refractivity contribution in [3.8, 4) is 0 Å². The lowest BCUT2D eigenvalue weighted by Gasteiger charge is -2.18. The van der Waals surface area contributed by atoms with Crippen LogP contribution in [0.15, 0.2) is 30.3 Å². The van der Waals surface area contributed by atoms with Crippen LogP contribution in [0.5, 0.6) is 0 Å². The van der Waals surface area contributed by atoms with Crippen molar-refractivity contribution in [1.82, 2.24) is 0 Å². The Morgan fingerprint density at radius 1 is 1.17 bits per heavy atom. The van der Waals surface area contributed by atoms with E-state index >= 15 is 0 Å². The van der Waals surface area contributed by atoms with E-state index in [4.69, 9.17) is 0 Å². The van der Waals surface area contributed by atoms with Crippen LogP contribution in [-0.2, 0) is 6.42 Å². The van der Waals surface area contributed by atoms with Gasteiger partial charge in [-0.15, -0.1) is 0 Å². The molecule has 0 aliphatic heterocycles. The minimum atomic E-state index is 1.26. The Hall–Kier alpha value is -1.04. The Kier molecular flexibility index (Phi) is 1.99. The van der Waals surface area contributed by atoms with Gasteiger partial charge in [-0.3, -0.25) is 0 Å². The highest BCUT2D eigenvalue weighted by Gasteiger charge is 2.11. The molecule has 1 aromatic rings. The van der Waals surface area contributed by atoms with Gasteiger partial charge in [-0.2, -0.15) is 0 Å². The Balaban J connectivity index is 2.51. The summed E-state index contributed by atoms with van der Waals surface area (Å²) in [6.45, 7) is 2.14. The van der Waals surface area contributed by atoms with E-state index < -0.39 is 0 Å². The van der Waals surface area contributed by atoms with Crippen LogP contribution in [0.25, 0.3) is 5.57 Å². The van der Waals surface area contributed by atoms with Gasteiger partial charge < -0.3 is 0 Å². The molecule has 0 bridgehead atoms. The number of hydrogen-bond donors (Lipinski definition) is 0. The second-order valence-corrected chi connectivity index (χ2v) is 3.32. The van der Waals surface area contributed by atoms with Crippen LogP contribution in [0, 0.1) is 0 Å². The maximum atomic E-state index is 2.25. The fraction of sp³-hybridized carbons (Fsp3) is 0.333. The van der Waals surface area contributed by atoms with Crippen LogP contribution in [0.2, 0.25) is 0 Å². The van der Waals surface area contributed by atoms with E-state index in [9.17, 15) is 0 Å². The molecule has 1 aromatic carbocycles. The smallest absolute Gasteiger partial charge is 0.0196 e. The number of hydrogen-bond acceptors (Lipinski definition) is 0. The average Bonchev–Trinajstić information content (AvgIpc) is 2.17. The molecule has 0 heteroatoms. The molecule has 62 valence electrons. The van der Waals surface area contributed by atoms with Crippen LogP contribution in [0.4, 0.5) is 0 Å². The average molecular weight is 158 g/mol. The summed E-state index contributed by atoms with van der Waals surface area (Å²) in [6, 6.07) is 8.76. The Morgan fingerprint density at radius 3 is 2.83 bits per heavy atom. The summed E-state index contributed by atoms with van der Waals surface area (Å²) >= 11 is 0. The van der Waals surface area contributed by atoms with Gasteiger partial charge in [0.15, 0.2) is 0 Å². The molecule has 0 amide bonds.